The minimum absolute atomic E-state index is 0.0261. The Labute approximate surface area is 116 Å². The van der Waals surface area contributed by atoms with Gasteiger partial charge in [0.25, 0.3) is 5.91 Å². The lowest BCUT2D eigenvalue weighted by atomic mass is 10.2. The molecule has 108 valence electrons. The molecule has 0 spiro atoms. The summed E-state index contributed by atoms with van der Waals surface area (Å²) >= 11 is 0. The fraction of sp³-hybridized carbons (Fsp3) is 0.429. The van der Waals surface area contributed by atoms with Gasteiger partial charge in [-0.3, -0.25) is 14.5 Å². The van der Waals surface area contributed by atoms with E-state index >= 15 is 0 Å². The molecule has 6 heteroatoms. The van der Waals surface area contributed by atoms with Gasteiger partial charge in [-0.15, -0.1) is 0 Å². The van der Waals surface area contributed by atoms with Crippen LogP contribution in [0.4, 0.5) is 4.39 Å². The van der Waals surface area contributed by atoms with Gasteiger partial charge < -0.3 is 10.0 Å². The summed E-state index contributed by atoms with van der Waals surface area (Å²) in [6.45, 7) is 2.03. The van der Waals surface area contributed by atoms with Crippen LogP contribution in [0.5, 0.6) is 0 Å². The molecule has 1 aliphatic heterocycles. The standard InChI is InChI=1S/C14H17FN2O3/c15-12-5-2-1-4-11(12)14(20)17-7-3-6-16(8-9-17)10-13(18)19/h1-2,4-5H,3,6-10H2,(H,18,19). The van der Waals surface area contributed by atoms with E-state index in [1.807, 2.05) is 0 Å². The van der Waals surface area contributed by atoms with Gasteiger partial charge in [0.15, 0.2) is 0 Å². The molecule has 0 atom stereocenters. The van der Waals surface area contributed by atoms with E-state index < -0.39 is 11.8 Å². The van der Waals surface area contributed by atoms with Crippen LogP contribution in [0, 0.1) is 5.82 Å². The Kier molecular flexibility index (Phi) is 4.68. The molecule has 1 heterocycles. The third-order valence-corrected chi connectivity index (χ3v) is 3.34. The minimum Gasteiger partial charge on any atom is -0.480 e. The van der Waals surface area contributed by atoms with Crippen molar-refractivity contribution in [3.8, 4) is 0 Å². The topological polar surface area (TPSA) is 60.9 Å². The molecular weight excluding hydrogens is 263 g/mol. The van der Waals surface area contributed by atoms with Crippen LogP contribution in [-0.4, -0.2) is 59.5 Å². The van der Waals surface area contributed by atoms with Gasteiger partial charge in [-0.25, -0.2) is 4.39 Å². The molecule has 1 N–H and O–H groups in total. The van der Waals surface area contributed by atoms with Crippen molar-refractivity contribution in [1.29, 1.82) is 0 Å². The monoisotopic (exact) mass is 280 g/mol. The zero-order chi connectivity index (χ0) is 14.5. The predicted molar refractivity (Wildman–Crippen MR) is 71.0 cm³/mol. The summed E-state index contributed by atoms with van der Waals surface area (Å²) < 4.78 is 13.6. The molecule has 1 amide bonds. The van der Waals surface area contributed by atoms with E-state index in [9.17, 15) is 14.0 Å². The number of rotatable bonds is 3. The average molecular weight is 280 g/mol. The second kappa shape index (κ2) is 6.47. The minimum atomic E-state index is -0.876. The highest BCUT2D eigenvalue weighted by atomic mass is 19.1. The molecule has 5 nitrogen and oxygen atoms in total. The molecule has 2 rings (SSSR count). The predicted octanol–water partition coefficient (Wildman–Crippen LogP) is 1.06. The van der Waals surface area contributed by atoms with Gasteiger partial charge >= 0.3 is 5.97 Å². The summed E-state index contributed by atoms with van der Waals surface area (Å²) in [6.07, 6.45) is 0.688. The lowest BCUT2D eigenvalue weighted by Gasteiger charge is -2.21. The smallest absolute Gasteiger partial charge is 0.317 e. The van der Waals surface area contributed by atoms with E-state index in [4.69, 9.17) is 5.11 Å². The molecule has 0 saturated carbocycles. The molecule has 0 radical (unpaired) electrons. The number of benzene rings is 1. The number of hydrogen-bond donors (Lipinski definition) is 1. The Morgan fingerprint density at radius 2 is 1.90 bits per heavy atom. The first kappa shape index (κ1) is 14.5. The maximum absolute atomic E-state index is 13.6. The molecule has 0 bridgehead atoms. The lowest BCUT2D eigenvalue weighted by molar-refractivity contribution is -0.138. The van der Waals surface area contributed by atoms with E-state index in [2.05, 4.69) is 0 Å². The highest BCUT2D eigenvalue weighted by molar-refractivity contribution is 5.94. The molecule has 1 aromatic rings. The number of nitrogens with zero attached hydrogens (tertiary/aromatic N) is 2. The molecular formula is C14H17FN2O3. The van der Waals surface area contributed by atoms with Gasteiger partial charge in [-0.2, -0.15) is 0 Å². The number of carbonyl (C=O) groups excluding carboxylic acids is 1. The van der Waals surface area contributed by atoms with Crippen molar-refractivity contribution in [3.63, 3.8) is 0 Å². The van der Waals surface area contributed by atoms with Crippen LogP contribution in [0.15, 0.2) is 24.3 Å². The Hall–Kier alpha value is -1.95. The van der Waals surface area contributed by atoms with Gasteiger partial charge in [0.2, 0.25) is 0 Å². The number of carbonyl (C=O) groups is 2. The highest BCUT2D eigenvalue weighted by Crippen LogP contribution is 2.12. The normalized spacial score (nSPS) is 16.8. The highest BCUT2D eigenvalue weighted by Gasteiger charge is 2.22. The van der Waals surface area contributed by atoms with Gasteiger partial charge in [-0.1, -0.05) is 12.1 Å². The number of halogens is 1. The van der Waals surface area contributed by atoms with Gasteiger partial charge in [-0.05, 0) is 18.6 Å². The third-order valence-electron chi connectivity index (χ3n) is 3.34. The fourth-order valence-electron chi connectivity index (χ4n) is 2.33. The molecule has 0 unspecified atom stereocenters. The first-order valence-electron chi connectivity index (χ1n) is 6.56. The maximum atomic E-state index is 13.6. The SMILES string of the molecule is O=C(O)CN1CCCN(C(=O)c2ccccc2F)CC1. The number of hydrogen-bond acceptors (Lipinski definition) is 3. The largest absolute Gasteiger partial charge is 0.480 e. The lowest BCUT2D eigenvalue weighted by Crippen LogP contribution is -2.37. The fourth-order valence-corrected chi connectivity index (χ4v) is 2.33. The molecule has 1 fully saturated rings. The number of amides is 1. The van der Waals surface area contributed by atoms with Crippen LogP contribution in [-0.2, 0) is 4.79 Å². The summed E-state index contributed by atoms with van der Waals surface area (Å²) in [4.78, 5) is 26.3. The van der Waals surface area contributed by atoms with Crippen molar-refractivity contribution in [3.05, 3.63) is 35.6 Å². The first-order valence-corrected chi connectivity index (χ1v) is 6.56. The molecule has 1 aliphatic rings. The summed E-state index contributed by atoms with van der Waals surface area (Å²) in [7, 11) is 0. The van der Waals surface area contributed by atoms with Crippen LogP contribution in [0.1, 0.15) is 16.8 Å². The Morgan fingerprint density at radius 1 is 1.15 bits per heavy atom. The zero-order valence-corrected chi connectivity index (χ0v) is 11.1. The molecule has 1 saturated heterocycles. The summed E-state index contributed by atoms with van der Waals surface area (Å²) in [6, 6.07) is 5.91. The van der Waals surface area contributed by atoms with Crippen LogP contribution >= 0.6 is 0 Å². The second-order valence-corrected chi connectivity index (χ2v) is 4.80. The second-order valence-electron chi connectivity index (χ2n) is 4.80. The maximum Gasteiger partial charge on any atom is 0.317 e. The summed E-state index contributed by atoms with van der Waals surface area (Å²) in [5.41, 5.74) is 0.0687. The van der Waals surface area contributed by atoms with E-state index in [0.29, 0.717) is 32.6 Å². The number of aliphatic carboxylic acids is 1. The zero-order valence-electron chi connectivity index (χ0n) is 11.1. The van der Waals surface area contributed by atoms with Crippen molar-refractivity contribution in [2.45, 2.75) is 6.42 Å². The quantitative estimate of drug-likeness (QED) is 0.899. The first-order chi connectivity index (χ1) is 9.58. The van der Waals surface area contributed by atoms with Gasteiger partial charge in [0, 0.05) is 26.2 Å². The average Bonchev–Trinajstić information content (AvgIpc) is 2.63. The van der Waals surface area contributed by atoms with E-state index in [-0.39, 0.29) is 18.0 Å². The Bertz CT molecular complexity index is 507. The van der Waals surface area contributed by atoms with Gasteiger partial charge in [0.05, 0.1) is 12.1 Å². The van der Waals surface area contributed by atoms with E-state index in [0.717, 1.165) is 0 Å². The van der Waals surface area contributed by atoms with Gasteiger partial charge in [0.1, 0.15) is 5.82 Å². The van der Waals surface area contributed by atoms with Crippen LogP contribution < -0.4 is 0 Å². The molecule has 20 heavy (non-hydrogen) atoms. The molecule has 0 aromatic heterocycles. The molecule has 1 aromatic carbocycles. The third kappa shape index (κ3) is 3.54. The number of carboxylic acid groups (broad SMARTS) is 1. The van der Waals surface area contributed by atoms with E-state index in [1.54, 1.807) is 21.9 Å². The van der Waals surface area contributed by atoms with E-state index in [1.165, 1.54) is 12.1 Å². The summed E-state index contributed by atoms with van der Waals surface area (Å²) in [5.74, 6) is -1.73. The van der Waals surface area contributed by atoms with Crippen molar-refractivity contribution in [1.82, 2.24) is 9.80 Å². The van der Waals surface area contributed by atoms with Crippen molar-refractivity contribution in [2.24, 2.45) is 0 Å². The summed E-state index contributed by atoms with van der Waals surface area (Å²) in [5, 5.41) is 8.78. The van der Waals surface area contributed by atoms with Crippen molar-refractivity contribution >= 4 is 11.9 Å². The Balaban J connectivity index is 2.02. The van der Waals surface area contributed by atoms with Crippen LogP contribution in [0.25, 0.3) is 0 Å². The van der Waals surface area contributed by atoms with Crippen LogP contribution in [0.3, 0.4) is 0 Å². The van der Waals surface area contributed by atoms with Crippen LogP contribution in [0.2, 0.25) is 0 Å². The van der Waals surface area contributed by atoms with Crippen molar-refractivity contribution < 1.29 is 19.1 Å². The number of carboxylic acids is 1. The molecule has 0 aliphatic carbocycles. The van der Waals surface area contributed by atoms with Crippen molar-refractivity contribution in [2.75, 3.05) is 32.7 Å². The Morgan fingerprint density at radius 3 is 2.60 bits per heavy atom.